The first-order valence-corrected chi connectivity index (χ1v) is 5.47. The van der Waals surface area contributed by atoms with Gasteiger partial charge in [0.15, 0.2) is 9.84 Å². The van der Waals surface area contributed by atoms with E-state index in [0.29, 0.717) is 13.1 Å². The van der Waals surface area contributed by atoms with Gasteiger partial charge in [-0.25, -0.2) is 8.42 Å². The first-order valence-electron chi connectivity index (χ1n) is 3.86. The molecule has 0 N–H and O–H groups in total. The number of rotatable bonds is 2. The van der Waals surface area contributed by atoms with E-state index in [4.69, 9.17) is 0 Å². The van der Waals surface area contributed by atoms with Crippen LogP contribution in [0.2, 0.25) is 0 Å². The third-order valence-electron chi connectivity index (χ3n) is 2.15. The van der Waals surface area contributed by atoms with Crippen LogP contribution in [0.4, 0.5) is 0 Å². The summed E-state index contributed by atoms with van der Waals surface area (Å²) < 4.78 is 22.9. The number of hydrogen-bond acceptors (Lipinski definition) is 3. The third kappa shape index (κ3) is 1.56. The number of sulfone groups is 1. The highest BCUT2D eigenvalue weighted by Crippen LogP contribution is 2.18. The normalized spacial score (nSPS) is 22.2. The molecule has 1 saturated heterocycles. The second-order valence-corrected chi connectivity index (χ2v) is 6.27. The lowest BCUT2D eigenvalue weighted by Gasteiger charge is -2.36. The Morgan fingerprint density at radius 1 is 1.36 bits per heavy atom. The molecule has 0 aromatic rings. The van der Waals surface area contributed by atoms with E-state index in [2.05, 4.69) is 0 Å². The molecule has 11 heavy (non-hydrogen) atoms. The van der Waals surface area contributed by atoms with E-state index in [1.54, 1.807) is 13.8 Å². The average Bonchev–Trinajstić information content (AvgIpc) is 1.80. The van der Waals surface area contributed by atoms with Gasteiger partial charge in [0, 0.05) is 13.1 Å². The van der Waals surface area contributed by atoms with Crippen LogP contribution in [0.5, 0.6) is 0 Å². The van der Waals surface area contributed by atoms with Gasteiger partial charge in [0.1, 0.15) is 0 Å². The molecule has 0 aromatic heterocycles. The van der Waals surface area contributed by atoms with Gasteiger partial charge in [-0.15, -0.1) is 0 Å². The summed E-state index contributed by atoms with van der Waals surface area (Å²) in [5, 5.41) is -0.325. The zero-order chi connectivity index (χ0) is 8.65. The lowest BCUT2D eigenvalue weighted by atomic mass is 10.2. The van der Waals surface area contributed by atoms with Gasteiger partial charge in [0.2, 0.25) is 0 Å². The van der Waals surface area contributed by atoms with Gasteiger partial charge in [0.25, 0.3) is 0 Å². The van der Waals surface area contributed by atoms with Gasteiger partial charge in [-0.1, -0.05) is 0 Å². The molecular weight excluding hydrogens is 162 g/mol. The van der Waals surface area contributed by atoms with Gasteiger partial charge >= 0.3 is 0 Å². The van der Waals surface area contributed by atoms with Gasteiger partial charge in [-0.2, -0.15) is 0 Å². The molecule has 1 aliphatic rings. The summed E-state index contributed by atoms with van der Waals surface area (Å²) in [6, 6.07) is 0. The van der Waals surface area contributed by atoms with Crippen LogP contribution in [0.1, 0.15) is 13.8 Å². The van der Waals surface area contributed by atoms with Crippen LogP contribution in [0.3, 0.4) is 0 Å². The highest BCUT2D eigenvalue weighted by atomic mass is 32.2. The largest absolute Gasteiger partial charge is 0.304 e. The molecule has 0 aromatic carbocycles. The van der Waals surface area contributed by atoms with Crippen molar-refractivity contribution in [1.29, 1.82) is 0 Å². The molecule has 0 saturated carbocycles. The van der Waals surface area contributed by atoms with Crippen LogP contribution >= 0.6 is 0 Å². The zero-order valence-corrected chi connectivity index (χ0v) is 8.06. The van der Waals surface area contributed by atoms with Crippen LogP contribution in [-0.4, -0.2) is 44.0 Å². The lowest BCUT2D eigenvalue weighted by molar-refractivity contribution is 0.231. The molecule has 1 fully saturated rings. The Labute approximate surface area is 68.3 Å². The summed E-state index contributed by atoms with van der Waals surface area (Å²) in [6.45, 7) is 4.91. The van der Waals surface area contributed by atoms with Crippen molar-refractivity contribution < 1.29 is 8.42 Å². The molecule has 66 valence electrons. The van der Waals surface area contributed by atoms with Crippen molar-refractivity contribution in [3.63, 3.8) is 0 Å². The molecule has 0 bridgehead atoms. The minimum absolute atomic E-state index is 0.104. The molecule has 1 rings (SSSR count). The third-order valence-corrected chi connectivity index (χ3v) is 4.69. The topological polar surface area (TPSA) is 37.4 Å². The zero-order valence-electron chi connectivity index (χ0n) is 7.24. The summed E-state index contributed by atoms with van der Waals surface area (Å²) in [6.07, 6.45) is 0. The fourth-order valence-electron chi connectivity index (χ4n) is 1.23. The van der Waals surface area contributed by atoms with Crippen molar-refractivity contribution in [2.45, 2.75) is 24.3 Å². The predicted octanol–water partition coefficient (Wildman–Crippen LogP) is 0.124. The Bertz CT molecular complexity index is 227. The molecule has 0 aliphatic carbocycles. The van der Waals surface area contributed by atoms with Gasteiger partial charge < -0.3 is 4.90 Å². The van der Waals surface area contributed by atoms with E-state index in [1.807, 2.05) is 11.9 Å². The Morgan fingerprint density at radius 2 is 1.82 bits per heavy atom. The van der Waals surface area contributed by atoms with Crippen molar-refractivity contribution in [3.8, 4) is 0 Å². The van der Waals surface area contributed by atoms with E-state index < -0.39 is 9.84 Å². The standard InChI is InChI=1S/C7H15NO2S/c1-6(2)11(9,10)7-4-8(3)5-7/h6-7H,4-5H2,1-3H3. The fourth-order valence-corrected chi connectivity index (χ4v) is 2.93. The molecule has 3 nitrogen and oxygen atoms in total. The second kappa shape index (κ2) is 2.75. The maximum Gasteiger partial charge on any atom is 0.157 e. The van der Waals surface area contributed by atoms with Crippen LogP contribution in [-0.2, 0) is 9.84 Å². The minimum Gasteiger partial charge on any atom is -0.304 e. The Morgan fingerprint density at radius 3 is 2.09 bits per heavy atom. The Kier molecular flexibility index (Phi) is 2.25. The molecule has 1 heterocycles. The van der Waals surface area contributed by atoms with Crippen LogP contribution < -0.4 is 0 Å². The van der Waals surface area contributed by atoms with Crippen LogP contribution in [0.25, 0.3) is 0 Å². The van der Waals surface area contributed by atoms with E-state index >= 15 is 0 Å². The summed E-state index contributed by atoms with van der Waals surface area (Å²) >= 11 is 0. The van der Waals surface area contributed by atoms with Crippen molar-refractivity contribution in [2.75, 3.05) is 20.1 Å². The second-order valence-electron chi connectivity index (χ2n) is 3.48. The Hall–Kier alpha value is -0.0900. The minimum atomic E-state index is -2.81. The molecule has 0 atom stereocenters. The summed E-state index contributed by atoms with van der Waals surface area (Å²) in [5.74, 6) is 0. The molecular formula is C7H15NO2S. The van der Waals surface area contributed by atoms with Crippen LogP contribution in [0, 0.1) is 0 Å². The molecule has 4 heteroatoms. The first-order chi connectivity index (χ1) is 4.94. The number of hydrogen-bond donors (Lipinski definition) is 0. The molecule has 0 unspecified atom stereocenters. The van der Waals surface area contributed by atoms with Gasteiger partial charge in [-0.3, -0.25) is 0 Å². The van der Waals surface area contributed by atoms with E-state index in [-0.39, 0.29) is 10.5 Å². The van der Waals surface area contributed by atoms with Crippen molar-refractivity contribution in [1.82, 2.24) is 4.90 Å². The van der Waals surface area contributed by atoms with Crippen molar-refractivity contribution in [2.24, 2.45) is 0 Å². The van der Waals surface area contributed by atoms with Crippen LogP contribution in [0.15, 0.2) is 0 Å². The molecule has 0 amide bonds. The van der Waals surface area contributed by atoms with Crippen molar-refractivity contribution in [3.05, 3.63) is 0 Å². The first kappa shape index (κ1) is 9.00. The highest BCUT2D eigenvalue weighted by Gasteiger charge is 2.36. The van der Waals surface area contributed by atoms with Gasteiger partial charge in [-0.05, 0) is 20.9 Å². The summed E-state index contributed by atoms with van der Waals surface area (Å²) in [4.78, 5) is 2.02. The van der Waals surface area contributed by atoms with Gasteiger partial charge in [0.05, 0.1) is 10.5 Å². The quantitative estimate of drug-likeness (QED) is 0.601. The number of likely N-dealkylation sites (tertiary alicyclic amines) is 1. The molecule has 1 aliphatic heterocycles. The number of nitrogens with zero attached hydrogens (tertiary/aromatic N) is 1. The SMILES string of the molecule is CC(C)S(=O)(=O)C1CN(C)C1. The van der Waals surface area contributed by atoms with Crippen molar-refractivity contribution >= 4 is 9.84 Å². The average molecular weight is 177 g/mol. The predicted molar refractivity (Wildman–Crippen MR) is 45.3 cm³/mol. The fraction of sp³-hybridized carbons (Fsp3) is 1.00. The van der Waals surface area contributed by atoms with E-state index in [0.717, 1.165) is 0 Å². The maximum absolute atomic E-state index is 11.4. The lowest BCUT2D eigenvalue weighted by Crippen LogP contribution is -2.54. The van der Waals surface area contributed by atoms with E-state index in [1.165, 1.54) is 0 Å². The monoisotopic (exact) mass is 177 g/mol. The molecule has 0 spiro atoms. The maximum atomic E-state index is 11.4. The Balaban J connectivity index is 2.62. The molecule has 0 radical (unpaired) electrons. The summed E-state index contributed by atoms with van der Waals surface area (Å²) in [5.41, 5.74) is 0. The van der Waals surface area contributed by atoms with E-state index in [9.17, 15) is 8.42 Å². The smallest absolute Gasteiger partial charge is 0.157 e. The highest BCUT2D eigenvalue weighted by molar-refractivity contribution is 7.92. The summed E-state index contributed by atoms with van der Waals surface area (Å²) in [7, 11) is -0.878.